The van der Waals surface area contributed by atoms with Gasteiger partial charge >= 0.3 is 0 Å². The zero-order valence-corrected chi connectivity index (χ0v) is 16.8. The lowest BCUT2D eigenvalue weighted by molar-refractivity contribution is -0.185. The molecule has 29 heavy (non-hydrogen) atoms. The second-order valence-electron chi connectivity index (χ2n) is 9.75. The van der Waals surface area contributed by atoms with Crippen molar-refractivity contribution in [1.82, 2.24) is 0 Å². The summed E-state index contributed by atoms with van der Waals surface area (Å²) in [6, 6.07) is 0. The quantitative estimate of drug-likeness (QED) is 0.534. The SMILES string of the molecule is C[C@]12C=CC(=O)C=C1CC[C@@H]1[C@@H]2[C@@H](O)C[C@@]2(C)[C@H]1CC(C(N)=O)[C@]2(O)C(=O)CO. The van der Waals surface area contributed by atoms with Crippen molar-refractivity contribution in [3.63, 3.8) is 0 Å². The molecular weight excluding hydrogens is 374 g/mol. The average Bonchev–Trinajstić information content (AvgIpc) is 2.90. The van der Waals surface area contributed by atoms with E-state index in [4.69, 9.17) is 5.73 Å². The second-order valence-corrected chi connectivity index (χ2v) is 9.75. The van der Waals surface area contributed by atoms with Crippen molar-refractivity contribution in [1.29, 1.82) is 0 Å². The van der Waals surface area contributed by atoms with Gasteiger partial charge in [0.15, 0.2) is 11.6 Å². The Morgan fingerprint density at radius 2 is 2.00 bits per heavy atom. The number of amides is 1. The van der Waals surface area contributed by atoms with Gasteiger partial charge in [-0.05, 0) is 49.7 Å². The number of aliphatic hydroxyl groups is 3. The van der Waals surface area contributed by atoms with Gasteiger partial charge in [0, 0.05) is 16.7 Å². The van der Waals surface area contributed by atoms with Gasteiger partial charge in [-0.3, -0.25) is 14.4 Å². The summed E-state index contributed by atoms with van der Waals surface area (Å²) in [5.41, 5.74) is 2.92. The van der Waals surface area contributed by atoms with Crippen LogP contribution in [-0.2, 0) is 14.4 Å². The van der Waals surface area contributed by atoms with Crippen LogP contribution in [0.25, 0.3) is 0 Å². The van der Waals surface area contributed by atoms with Crippen LogP contribution in [0.15, 0.2) is 23.8 Å². The third-order valence-electron chi connectivity index (χ3n) is 8.66. The highest BCUT2D eigenvalue weighted by Crippen LogP contribution is 2.68. The van der Waals surface area contributed by atoms with Gasteiger partial charge in [0.05, 0.1) is 12.0 Å². The maximum absolute atomic E-state index is 12.7. The molecule has 0 radical (unpaired) electrons. The number of aliphatic hydroxyl groups excluding tert-OH is 2. The predicted molar refractivity (Wildman–Crippen MR) is 103 cm³/mol. The Kier molecular flexibility index (Phi) is 4.46. The Morgan fingerprint density at radius 1 is 1.31 bits per heavy atom. The van der Waals surface area contributed by atoms with Crippen LogP contribution in [-0.4, -0.2) is 51.1 Å². The van der Waals surface area contributed by atoms with E-state index in [0.717, 1.165) is 5.57 Å². The van der Waals surface area contributed by atoms with Crippen LogP contribution in [0.5, 0.6) is 0 Å². The van der Waals surface area contributed by atoms with E-state index >= 15 is 0 Å². The highest BCUT2D eigenvalue weighted by Gasteiger charge is 2.72. The normalized spacial score (nSPS) is 48.4. The Bertz CT molecular complexity index is 848. The fourth-order valence-electron chi connectivity index (χ4n) is 7.32. The summed E-state index contributed by atoms with van der Waals surface area (Å²) in [5, 5.41) is 32.3. The molecule has 0 aromatic carbocycles. The second kappa shape index (κ2) is 6.33. The van der Waals surface area contributed by atoms with Crippen molar-refractivity contribution in [2.45, 2.75) is 51.2 Å². The lowest BCUT2D eigenvalue weighted by atomic mass is 9.46. The van der Waals surface area contributed by atoms with E-state index in [1.165, 1.54) is 0 Å². The number of Topliss-reactive ketones (excluding diaryl/α,β-unsaturated/α-hetero) is 1. The van der Waals surface area contributed by atoms with Crippen LogP contribution in [0.2, 0.25) is 0 Å². The molecule has 3 fully saturated rings. The zero-order valence-electron chi connectivity index (χ0n) is 16.8. The minimum Gasteiger partial charge on any atom is -0.393 e. The number of fused-ring (bicyclic) bond motifs is 5. The maximum atomic E-state index is 12.7. The van der Waals surface area contributed by atoms with E-state index < -0.39 is 46.8 Å². The van der Waals surface area contributed by atoms with Crippen LogP contribution in [0.3, 0.4) is 0 Å². The lowest BCUT2D eigenvalue weighted by Crippen LogP contribution is -2.63. The van der Waals surface area contributed by atoms with Crippen LogP contribution in [0.4, 0.5) is 0 Å². The molecule has 8 atom stereocenters. The standard InChI is InChI=1S/C22H29NO6/c1-20-6-5-12(25)7-11(20)3-4-13-14-8-15(19(23)28)22(29,17(27)10-24)21(14,2)9-16(26)18(13)20/h5-7,13-16,18,24,26,29H,3-4,8-10H2,1-2H3,(H2,23,28)/t13-,14-,15?,16-,18+,20-,21-,22-/m0/s1. The van der Waals surface area contributed by atoms with Gasteiger partial charge < -0.3 is 21.1 Å². The van der Waals surface area contributed by atoms with Crippen molar-refractivity contribution in [3.05, 3.63) is 23.8 Å². The van der Waals surface area contributed by atoms with Gasteiger partial charge in [-0.15, -0.1) is 0 Å². The molecule has 1 unspecified atom stereocenters. The molecule has 0 bridgehead atoms. The highest BCUT2D eigenvalue weighted by molar-refractivity contribution is 6.01. The number of ketones is 2. The van der Waals surface area contributed by atoms with Gasteiger partial charge in [0.2, 0.25) is 5.91 Å². The molecule has 7 nitrogen and oxygen atoms in total. The van der Waals surface area contributed by atoms with Crippen molar-refractivity contribution >= 4 is 17.5 Å². The van der Waals surface area contributed by atoms with E-state index in [-0.39, 0.29) is 36.4 Å². The first-order chi connectivity index (χ1) is 13.5. The summed E-state index contributed by atoms with van der Waals surface area (Å²) in [7, 11) is 0. The minimum absolute atomic E-state index is 0.0499. The fraction of sp³-hybridized carbons (Fsp3) is 0.682. The summed E-state index contributed by atoms with van der Waals surface area (Å²) < 4.78 is 0. The average molecular weight is 403 g/mol. The highest BCUT2D eigenvalue weighted by atomic mass is 16.3. The minimum atomic E-state index is -2.10. The van der Waals surface area contributed by atoms with Gasteiger partial charge in [-0.2, -0.15) is 0 Å². The number of rotatable bonds is 3. The van der Waals surface area contributed by atoms with Crippen LogP contribution in [0, 0.1) is 34.5 Å². The molecule has 4 aliphatic rings. The van der Waals surface area contributed by atoms with Gasteiger partial charge in [0.1, 0.15) is 12.2 Å². The summed E-state index contributed by atoms with van der Waals surface area (Å²) in [6.07, 6.45) is 5.98. The van der Waals surface area contributed by atoms with Crippen LogP contribution >= 0.6 is 0 Å². The number of hydrogen-bond donors (Lipinski definition) is 4. The molecule has 3 saturated carbocycles. The lowest BCUT2D eigenvalue weighted by Gasteiger charge is -2.59. The summed E-state index contributed by atoms with van der Waals surface area (Å²) >= 11 is 0. The molecule has 4 rings (SSSR count). The molecular formula is C22H29NO6. The number of hydrogen-bond acceptors (Lipinski definition) is 6. The van der Waals surface area contributed by atoms with Gasteiger partial charge in [-0.1, -0.05) is 25.5 Å². The summed E-state index contributed by atoms with van der Waals surface area (Å²) in [4.78, 5) is 36.7. The third kappa shape index (κ3) is 2.44. The molecule has 0 saturated heterocycles. The number of allylic oxidation sites excluding steroid dienone is 4. The van der Waals surface area contributed by atoms with Crippen molar-refractivity contribution in [2.24, 2.45) is 40.2 Å². The fourth-order valence-corrected chi connectivity index (χ4v) is 7.32. The van der Waals surface area contributed by atoms with E-state index in [2.05, 4.69) is 0 Å². The first-order valence-corrected chi connectivity index (χ1v) is 10.3. The summed E-state index contributed by atoms with van der Waals surface area (Å²) in [6.45, 7) is 2.87. The molecule has 1 amide bonds. The molecule has 0 aliphatic heterocycles. The molecule has 4 aliphatic carbocycles. The Labute approximate surface area is 169 Å². The molecule has 0 heterocycles. The molecule has 7 heteroatoms. The number of nitrogens with two attached hydrogens (primary N) is 1. The molecule has 0 spiro atoms. The molecule has 158 valence electrons. The number of carbonyl (C=O) groups is 3. The predicted octanol–water partition coefficient (Wildman–Crippen LogP) is 0.269. The number of primary amides is 1. The summed E-state index contributed by atoms with van der Waals surface area (Å²) in [5.74, 6) is -3.18. The van der Waals surface area contributed by atoms with E-state index in [1.54, 1.807) is 19.1 Å². The largest absolute Gasteiger partial charge is 0.393 e. The molecule has 0 aromatic heterocycles. The Morgan fingerprint density at radius 3 is 2.62 bits per heavy atom. The van der Waals surface area contributed by atoms with Crippen molar-refractivity contribution in [3.8, 4) is 0 Å². The van der Waals surface area contributed by atoms with Gasteiger partial charge in [0.25, 0.3) is 0 Å². The van der Waals surface area contributed by atoms with Crippen molar-refractivity contribution < 1.29 is 29.7 Å². The van der Waals surface area contributed by atoms with E-state index in [1.807, 2.05) is 13.0 Å². The smallest absolute Gasteiger partial charge is 0.223 e. The Balaban J connectivity index is 1.81. The van der Waals surface area contributed by atoms with E-state index in [9.17, 15) is 29.7 Å². The molecule has 0 aromatic rings. The first kappa shape index (κ1) is 20.4. The van der Waals surface area contributed by atoms with Crippen LogP contribution in [0.1, 0.15) is 39.5 Å². The van der Waals surface area contributed by atoms with Gasteiger partial charge in [-0.25, -0.2) is 0 Å². The Hall–Kier alpha value is -1.83. The monoisotopic (exact) mass is 403 g/mol. The third-order valence-corrected chi connectivity index (χ3v) is 8.66. The number of carbonyl (C=O) groups excluding carboxylic acids is 3. The first-order valence-electron chi connectivity index (χ1n) is 10.3. The van der Waals surface area contributed by atoms with E-state index in [0.29, 0.717) is 12.8 Å². The van der Waals surface area contributed by atoms with Crippen molar-refractivity contribution in [2.75, 3.05) is 6.61 Å². The maximum Gasteiger partial charge on any atom is 0.223 e. The topological polar surface area (TPSA) is 138 Å². The zero-order chi connectivity index (χ0) is 21.4. The molecule has 5 N–H and O–H groups in total. The van der Waals surface area contributed by atoms with Crippen LogP contribution < -0.4 is 5.73 Å².